The van der Waals surface area contributed by atoms with Crippen LogP contribution in [0.15, 0.2) is 18.2 Å². The lowest BCUT2D eigenvalue weighted by Gasteiger charge is -2.28. The molecule has 78 valence electrons. The van der Waals surface area contributed by atoms with E-state index in [9.17, 15) is 0 Å². The first-order chi connectivity index (χ1) is 6.79. The number of nitrogen functional groups attached to an aromatic ring is 1. The maximum absolute atomic E-state index is 5.88. The highest BCUT2D eigenvalue weighted by atomic mass is 15.1. The van der Waals surface area contributed by atoms with Gasteiger partial charge in [0, 0.05) is 25.0 Å². The Morgan fingerprint density at radius 1 is 1.29 bits per heavy atom. The molecule has 1 aliphatic heterocycles. The van der Waals surface area contributed by atoms with Gasteiger partial charge in [-0.15, -0.1) is 0 Å². The third kappa shape index (κ3) is 2.00. The fourth-order valence-corrected chi connectivity index (χ4v) is 1.84. The molecule has 2 heteroatoms. The Morgan fingerprint density at radius 2 is 2.00 bits per heavy atom. The number of benzene rings is 1. The normalized spacial score (nSPS) is 14.1. The Balaban J connectivity index is 0.000000461. The molecule has 1 aromatic carbocycles. The van der Waals surface area contributed by atoms with Crippen LogP contribution in [0.4, 0.5) is 11.4 Å². The molecule has 0 amide bonds. The van der Waals surface area contributed by atoms with E-state index in [1.807, 2.05) is 26.0 Å². The first-order valence-electron chi connectivity index (χ1n) is 5.37. The summed E-state index contributed by atoms with van der Waals surface area (Å²) < 4.78 is 0. The SMILES string of the molecule is CC.CN1CCCc2c(N)cccc21. The number of nitrogens with two attached hydrogens (primary N) is 1. The van der Waals surface area contributed by atoms with Crippen LogP contribution >= 0.6 is 0 Å². The minimum absolute atomic E-state index is 0.944. The summed E-state index contributed by atoms with van der Waals surface area (Å²) >= 11 is 0. The molecule has 2 N–H and O–H groups in total. The highest BCUT2D eigenvalue weighted by Crippen LogP contribution is 2.29. The standard InChI is InChI=1S/C10H14N2.C2H6/c1-12-7-3-4-8-9(11)5-2-6-10(8)12;1-2/h2,5-6H,3-4,7,11H2,1H3;1-2H3. The van der Waals surface area contributed by atoms with Gasteiger partial charge in [-0.25, -0.2) is 0 Å². The Morgan fingerprint density at radius 3 is 2.64 bits per heavy atom. The van der Waals surface area contributed by atoms with Crippen LogP contribution in [-0.4, -0.2) is 13.6 Å². The highest BCUT2D eigenvalue weighted by Gasteiger charge is 2.14. The van der Waals surface area contributed by atoms with Gasteiger partial charge in [0.2, 0.25) is 0 Å². The molecular weight excluding hydrogens is 172 g/mol. The largest absolute Gasteiger partial charge is 0.398 e. The molecule has 0 saturated heterocycles. The molecule has 0 unspecified atom stereocenters. The number of fused-ring (bicyclic) bond motifs is 1. The van der Waals surface area contributed by atoms with Gasteiger partial charge in [0.1, 0.15) is 0 Å². The lowest BCUT2D eigenvalue weighted by atomic mass is 10.0. The molecule has 2 rings (SSSR count). The first-order valence-corrected chi connectivity index (χ1v) is 5.37. The highest BCUT2D eigenvalue weighted by molar-refractivity contribution is 5.65. The number of nitrogens with zero attached hydrogens (tertiary/aromatic N) is 1. The van der Waals surface area contributed by atoms with E-state index >= 15 is 0 Å². The van der Waals surface area contributed by atoms with Crippen molar-refractivity contribution in [3.05, 3.63) is 23.8 Å². The van der Waals surface area contributed by atoms with Crippen molar-refractivity contribution in [3.63, 3.8) is 0 Å². The third-order valence-corrected chi connectivity index (χ3v) is 2.52. The minimum Gasteiger partial charge on any atom is -0.398 e. The van der Waals surface area contributed by atoms with Gasteiger partial charge in [0.15, 0.2) is 0 Å². The minimum atomic E-state index is 0.944. The Bertz CT molecular complexity index is 294. The van der Waals surface area contributed by atoms with E-state index < -0.39 is 0 Å². The van der Waals surface area contributed by atoms with E-state index in [0.717, 1.165) is 18.7 Å². The summed E-state index contributed by atoms with van der Waals surface area (Å²) in [5, 5.41) is 0. The average molecular weight is 192 g/mol. The molecule has 0 spiro atoms. The predicted molar refractivity (Wildman–Crippen MR) is 63.8 cm³/mol. The predicted octanol–water partition coefficient (Wildman–Crippen LogP) is 2.68. The summed E-state index contributed by atoms with van der Waals surface area (Å²) in [6.07, 6.45) is 2.35. The van der Waals surface area contributed by atoms with Gasteiger partial charge < -0.3 is 10.6 Å². The molecule has 0 aromatic heterocycles. The van der Waals surface area contributed by atoms with Gasteiger partial charge >= 0.3 is 0 Å². The molecule has 1 heterocycles. The summed E-state index contributed by atoms with van der Waals surface area (Å²) in [4.78, 5) is 2.27. The fourth-order valence-electron chi connectivity index (χ4n) is 1.84. The summed E-state index contributed by atoms with van der Waals surface area (Å²) in [7, 11) is 2.12. The van der Waals surface area contributed by atoms with Crippen molar-refractivity contribution in [2.45, 2.75) is 26.7 Å². The molecule has 0 fully saturated rings. The van der Waals surface area contributed by atoms with E-state index in [-0.39, 0.29) is 0 Å². The van der Waals surface area contributed by atoms with E-state index in [2.05, 4.69) is 18.0 Å². The van der Waals surface area contributed by atoms with Crippen molar-refractivity contribution >= 4 is 11.4 Å². The summed E-state index contributed by atoms with van der Waals surface area (Å²) in [5.74, 6) is 0. The van der Waals surface area contributed by atoms with E-state index in [0.29, 0.717) is 0 Å². The zero-order valence-corrected chi connectivity index (χ0v) is 9.38. The molecule has 0 atom stereocenters. The maximum atomic E-state index is 5.88. The Kier molecular flexibility index (Phi) is 3.81. The first kappa shape index (κ1) is 10.9. The van der Waals surface area contributed by atoms with Crippen LogP contribution < -0.4 is 10.6 Å². The van der Waals surface area contributed by atoms with Crippen LogP contribution in [0.1, 0.15) is 25.8 Å². The van der Waals surface area contributed by atoms with Gasteiger partial charge in [-0.2, -0.15) is 0 Å². The van der Waals surface area contributed by atoms with Crippen molar-refractivity contribution < 1.29 is 0 Å². The van der Waals surface area contributed by atoms with Crippen LogP contribution in [0.25, 0.3) is 0 Å². The molecule has 1 aromatic rings. The zero-order chi connectivity index (χ0) is 10.6. The van der Waals surface area contributed by atoms with E-state index in [1.165, 1.54) is 17.7 Å². The average Bonchev–Trinajstić information content (AvgIpc) is 2.23. The second kappa shape index (κ2) is 4.89. The molecule has 0 radical (unpaired) electrons. The Labute approximate surface area is 86.7 Å². The van der Waals surface area contributed by atoms with Crippen LogP contribution in [-0.2, 0) is 6.42 Å². The molecule has 2 nitrogen and oxygen atoms in total. The lowest BCUT2D eigenvalue weighted by molar-refractivity contribution is 0.746. The smallest absolute Gasteiger partial charge is 0.0416 e. The number of hydrogen-bond acceptors (Lipinski definition) is 2. The molecule has 14 heavy (non-hydrogen) atoms. The topological polar surface area (TPSA) is 29.3 Å². The van der Waals surface area contributed by atoms with Crippen LogP contribution in [0, 0.1) is 0 Å². The van der Waals surface area contributed by atoms with Crippen molar-refractivity contribution in [1.29, 1.82) is 0 Å². The number of rotatable bonds is 0. The van der Waals surface area contributed by atoms with Crippen molar-refractivity contribution in [2.75, 3.05) is 24.2 Å². The van der Waals surface area contributed by atoms with Gasteiger partial charge in [-0.05, 0) is 30.5 Å². The molecule has 1 aliphatic rings. The molecule has 0 bridgehead atoms. The molecule has 0 aliphatic carbocycles. The van der Waals surface area contributed by atoms with Crippen molar-refractivity contribution in [2.24, 2.45) is 0 Å². The fraction of sp³-hybridized carbons (Fsp3) is 0.500. The summed E-state index contributed by atoms with van der Waals surface area (Å²) in [6, 6.07) is 6.15. The number of anilines is 2. The molecule has 0 saturated carbocycles. The van der Waals surface area contributed by atoms with Gasteiger partial charge in [-0.3, -0.25) is 0 Å². The Hall–Kier alpha value is -1.18. The third-order valence-electron chi connectivity index (χ3n) is 2.52. The molecular formula is C12H20N2. The lowest BCUT2D eigenvalue weighted by Crippen LogP contribution is -2.25. The van der Waals surface area contributed by atoms with Gasteiger partial charge in [0.25, 0.3) is 0 Å². The van der Waals surface area contributed by atoms with Crippen LogP contribution in [0.3, 0.4) is 0 Å². The van der Waals surface area contributed by atoms with Crippen molar-refractivity contribution in [3.8, 4) is 0 Å². The quantitative estimate of drug-likeness (QED) is 0.640. The van der Waals surface area contributed by atoms with E-state index in [1.54, 1.807) is 0 Å². The summed E-state index contributed by atoms with van der Waals surface area (Å²) in [5.41, 5.74) is 9.45. The van der Waals surface area contributed by atoms with Crippen LogP contribution in [0.2, 0.25) is 0 Å². The monoisotopic (exact) mass is 192 g/mol. The number of hydrogen-bond donors (Lipinski definition) is 1. The van der Waals surface area contributed by atoms with Crippen molar-refractivity contribution in [1.82, 2.24) is 0 Å². The maximum Gasteiger partial charge on any atom is 0.0416 e. The van der Waals surface area contributed by atoms with Crippen LogP contribution in [0.5, 0.6) is 0 Å². The van der Waals surface area contributed by atoms with Gasteiger partial charge in [-0.1, -0.05) is 19.9 Å². The summed E-state index contributed by atoms with van der Waals surface area (Å²) in [6.45, 7) is 5.15. The second-order valence-corrected chi connectivity index (χ2v) is 3.37. The van der Waals surface area contributed by atoms with Gasteiger partial charge in [0.05, 0.1) is 0 Å². The second-order valence-electron chi connectivity index (χ2n) is 3.37. The van der Waals surface area contributed by atoms with E-state index in [4.69, 9.17) is 5.73 Å². The zero-order valence-electron chi connectivity index (χ0n) is 9.38.